The lowest BCUT2D eigenvalue weighted by Gasteiger charge is -2.39. The lowest BCUT2D eigenvalue weighted by molar-refractivity contribution is -0.152. The highest BCUT2D eigenvalue weighted by Gasteiger charge is 2.49. The summed E-state index contributed by atoms with van der Waals surface area (Å²) in [5.74, 6) is -3.15. The van der Waals surface area contributed by atoms with Gasteiger partial charge in [0.05, 0.1) is 18.8 Å². The molecule has 0 radical (unpaired) electrons. The molecule has 190 valence electrons. The molecule has 2 aliphatic rings. The maximum atomic E-state index is 14.3. The Morgan fingerprint density at radius 1 is 1.06 bits per heavy atom. The van der Waals surface area contributed by atoms with Gasteiger partial charge < -0.3 is 14.8 Å². The summed E-state index contributed by atoms with van der Waals surface area (Å²) in [5, 5.41) is 5.42. The SMILES string of the molecule is CCCC1=C(C(=O)OCC)[C@H](c2ccc(C)cc2)C2=C(C[C@@H](c3cccs3)[C@H](C(=O)OCC)C2=O)N1. The topological polar surface area (TPSA) is 81.7 Å². The van der Waals surface area contributed by atoms with Crippen LogP contribution in [0.4, 0.5) is 0 Å². The number of rotatable bonds is 8. The van der Waals surface area contributed by atoms with Gasteiger partial charge in [-0.25, -0.2) is 4.79 Å². The van der Waals surface area contributed by atoms with Gasteiger partial charge >= 0.3 is 11.9 Å². The Bertz CT molecular complexity index is 1190. The van der Waals surface area contributed by atoms with E-state index in [4.69, 9.17) is 9.47 Å². The number of aryl methyl sites for hydroxylation is 1. The average molecular weight is 508 g/mol. The second-order valence-electron chi connectivity index (χ2n) is 9.14. The van der Waals surface area contributed by atoms with Gasteiger partial charge in [0.1, 0.15) is 5.92 Å². The van der Waals surface area contributed by atoms with Crippen molar-refractivity contribution in [1.29, 1.82) is 0 Å². The summed E-state index contributed by atoms with van der Waals surface area (Å²) >= 11 is 1.54. The molecule has 7 heteroatoms. The summed E-state index contributed by atoms with van der Waals surface area (Å²) in [5.41, 5.74) is 4.39. The van der Waals surface area contributed by atoms with Gasteiger partial charge in [-0.3, -0.25) is 9.59 Å². The molecule has 4 rings (SSSR count). The minimum absolute atomic E-state index is 0.194. The van der Waals surface area contributed by atoms with Crippen molar-refractivity contribution in [3.05, 3.63) is 80.3 Å². The Morgan fingerprint density at radius 2 is 1.78 bits per heavy atom. The zero-order chi connectivity index (χ0) is 25.8. The molecular weight excluding hydrogens is 474 g/mol. The van der Waals surface area contributed by atoms with E-state index >= 15 is 0 Å². The number of dihydropyridines is 1. The van der Waals surface area contributed by atoms with Crippen molar-refractivity contribution in [3.8, 4) is 0 Å². The van der Waals surface area contributed by atoms with Gasteiger partial charge in [-0.1, -0.05) is 49.2 Å². The zero-order valence-electron chi connectivity index (χ0n) is 21.3. The first-order valence-electron chi connectivity index (χ1n) is 12.6. The van der Waals surface area contributed by atoms with E-state index in [2.05, 4.69) is 12.2 Å². The molecule has 1 aromatic heterocycles. The van der Waals surface area contributed by atoms with Gasteiger partial charge in [0, 0.05) is 33.7 Å². The third kappa shape index (κ3) is 4.89. The zero-order valence-corrected chi connectivity index (χ0v) is 22.1. The molecule has 2 aromatic rings. The van der Waals surface area contributed by atoms with Gasteiger partial charge in [0.25, 0.3) is 0 Å². The second-order valence-corrected chi connectivity index (χ2v) is 10.1. The highest BCUT2D eigenvalue weighted by Crippen LogP contribution is 2.49. The molecule has 1 aliphatic heterocycles. The number of Topliss-reactive ketones (excluding diaryl/α,β-unsaturated/α-hetero) is 1. The first-order chi connectivity index (χ1) is 17.4. The summed E-state index contributed by atoms with van der Waals surface area (Å²) < 4.78 is 10.9. The first-order valence-corrected chi connectivity index (χ1v) is 13.5. The second kappa shape index (κ2) is 11.2. The Kier molecular flexibility index (Phi) is 8.09. The van der Waals surface area contributed by atoms with Crippen LogP contribution in [0.5, 0.6) is 0 Å². The number of benzene rings is 1. The van der Waals surface area contributed by atoms with Gasteiger partial charge in [0.15, 0.2) is 5.78 Å². The Labute approximate surface area is 216 Å². The predicted molar refractivity (Wildman–Crippen MR) is 139 cm³/mol. The lowest BCUT2D eigenvalue weighted by Crippen LogP contribution is -2.43. The smallest absolute Gasteiger partial charge is 0.336 e. The number of hydrogen-bond acceptors (Lipinski definition) is 7. The van der Waals surface area contributed by atoms with E-state index in [1.54, 1.807) is 13.8 Å². The first kappa shape index (κ1) is 25.9. The van der Waals surface area contributed by atoms with Crippen molar-refractivity contribution in [2.24, 2.45) is 5.92 Å². The molecule has 0 saturated carbocycles. The van der Waals surface area contributed by atoms with Crippen LogP contribution in [0.25, 0.3) is 0 Å². The quantitative estimate of drug-likeness (QED) is 0.373. The number of nitrogens with one attached hydrogen (secondary N) is 1. The van der Waals surface area contributed by atoms with Gasteiger partial charge in [-0.15, -0.1) is 11.3 Å². The van der Waals surface area contributed by atoms with Crippen LogP contribution >= 0.6 is 11.3 Å². The van der Waals surface area contributed by atoms with Crippen LogP contribution in [0.3, 0.4) is 0 Å². The molecule has 0 spiro atoms. The molecule has 1 aliphatic carbocycles. The van der Waals surface area contributed by atoms with Crippen molar-refractivity contribution in [1.82, 2.24) is 5.32 Å². The highest BCUT2D eigenvalue weighted by molar-refractivity contribution is 7.10. The van der Waals surface area contributed by atoms with Crippen LogP contribution in [0.15, 0.2) is 64.3 Å². The number of ether oxygens (including phenoxy) is 2. The fourth-order valence-corrected chi connectivity index (χ4v) is 6.07. The van der Waals surface area contributed by atoms with Gasteiger partial charge in [0.2, 0.25) is 0 Å². The van der Waals surface area contributed by atoms with Crippen LogP contribution in [0.1, 0.15) is 67.9 Å². The molecule has 36 heavy (non-hydrogen) atoms. The minimum atomic E-state index is -0.965. The van der Waals surface area contributed by atoms with Crippen LogP contribution in [0.2, 0.25) is 0 Å². The molecule has 1 aromatic carbocycles. The van der Waals surface area contributed by atoms with Crippen molar-refractivity contribution in [2.45, 2.75) is 58.8 Å². The van der Waals surface area contributed by atoms with Crippen molar-refractivity contribution in [2.75, 3.05) is 13.2 Å². The number of thiophene rings is 1. The molecule has 6 nitrogen and oxygen atoms in total. The van der Waals surface area contributed by atoms with Crippen molar-refractivity contribution in [3.63, 3.8) is 0 Å². The van der Waals surface area contributed by atoms with Gasteiger partial charge in [-0.2, -0.15) is 0 Å². The Morgan fingerprint density at radius 3 is 2.39 bits per heavy atom. The summed E-state index contributed by atoms with van der Waals surface area (Å²) in [6, 6.07) is 11.8. The summed E-state index contributed by atoms with van der Waals surface area (Å²) in [4.78, 5) is 41.7. The van der Waals surface area contributed by atoms with Crippen molar-refractivity contribution >= 4 is 29.1 Å². The maximum absolute atomic E-state index is 14.3. The third-order valence-corrected chi connectivity index (χ3v) is 7.76. The molecule has 3 atom stereocenters. The Hall–Kier alpha value is -3.19. The van der Waals surface area contributed by atoms with E-state index in [1.165, 1.54) is 11.3 Å². The minimum Gasteiger partial charge on any atom is -0.465 e. The molecule has 1 N–H and O–H groups in total. The van der Waals surface area contributed by atoms with E-state index in [1.807, 2.05) is 48.7 Å². The highest BCUT2D eigenvalue weighted by atomic mass is 32.1. The normalized spacial score (nSPS) is 21.7. The number of hydrogen-bond donors (Lipinski definition) is 1. The van der Waals surface area contributed by atoms with E-state index in [-0.39, 0.29) is 24.9 Å². The largest absolute Gasteiger partial charge is 0.465 e. The number of esters is 2. The number of carbonyl (C=O) groups excluding carboxylic acids is 3. The fraction of sp³-hybridized carbons (Fsp3) is 0.414. The summed E-state index contributed by atoms with van der Waals surface area (Å²) in [6.07, 6.45) is 1.95. The van der Waals surface area contributed by atoms with Crippen molar-refractivity contribution < 1.29 is 23.9 Å². The molecule has 0 bridgehead atoms. The molecule has 0 amide bonds. The fourth-order valence-electron chi connectivity index (χ4n) is 5.21. The molecule has 0 saturated heterocycles. The monoisotopic (exact) mass is 507 g/mol. The van der Waals surface area contributed by atoms with E-state index in [0.717, 1.165) is 33.8 Å². The van der Waals surface area contributed by atoms with Crippen LogP contribution in [-0.2, 0) is 23.9 Å². The standard InChI is InChI=1S/C29H33NO5S/c1-5-9-20-26(29(33)35-7-3)23(18-13-11-17(4)12-14-18)25-21(30-20)16-19(22-10-8-15-36-22)24(27(25)31)28(32)34-6-2/h8,10-15,19,23-24,30H,5-7,9,16H2,1-4H3/t19-,23+,24-/m0/s1. The number of carbonyl (C=O) groups is 3. The van der Waals surface area contributed by atoms with E-state index in [0.29, 0.717) is 24.0 Å². The predicted octanol–water partition coefficient (Wildman–Crippen LogP) is 5.55. The number of allylic oxidation sites excluding steroid dienone is 3. The summed E-state index contributed by atoms with van der Waals surface area (Å²) in [7, 11) is 0. The molecule has 2 heterocycles. The maximum Gasteiger partial charge on any atom is 0.336 e. The molecule has 0 fully saturated rings. The van der Waals surface area contributed by atoms with Crippen LogP contribution < -0.4 is 5.32 Å². The van der Waals surface area contributed by atoms with Crippen LogP contribution in [0, 0.1) is 12.8 Å². The van der Waals surface area contributed by atoms with Gasteiger partial charge in [-0.05, 0) is 50.6 Å². The summed E-state index contributed by atoms with van der Waals surface area (Å²) in [6.45, 7) is 7.99. The lowest BCUT2D eigenvalue weighted by atomic mass is 9.68. The van der Waals surface area contributed by atoms with Crippen LogP contribution in [-0.4, -0.2) is 30.9 Å². The van der Waals surface area contributed by atoms with E-state index < -0.39 is 23.8 Å². The molecular formula is C29H33NO5S. The van der Waals surface area contributed by atoms with E-state index in [9.17, 15) is 14.4 Å². The average Bonchev–Trinajstić information content (AvgIpc) is 3.39. The molecule has 0 unspecified atom stereocenters. The number of ketones is 1. The third-order valence-electron chi connectivity index (χ3n) is 6.76. The Balaban J connectivity index is 1.91.